The van der Waals surface area contributed by atoms with E-state index in [2.05, 4.69) is 5.32 Å². The second-order valence-corrected chi connectivity index (χ2v) is 5.36. The van der Waals surface area contributed by atoms with Gasteiger partial charge in [-0.25, -0.2) is 0 Å². The number of rotatable bonds is 6. The highest BCUT2D eigenvalue weighted by Gasteiger charge is 2.11. The minimum absolute atomic E-state index is 0.0559. The molecule has 0 aliphatic carbocycles. The molecule has 0 spiro atoms. The number of nitrogens with zero attached hydrogens (tertiary/aromatic N) is 1. The Labute approximate surface area is 125 Å². The minimum atomic E-state index is -0.595. The molecule has 0 aliphatic heterocycles. The number of nitro benzene ring substituents is 1. The molecule has 1 unspecified atom stereocenters. The normalized spacial score (nSPS) is 11.9. The Bertz CT molecular complexity index is 610. The van der Waals surface area contributed by atoms with E-state index >= 15 is 0 Å². The zero-order valence-corrected chi connectivity index (χ0v) is 11.9. The molecule has 2 aromatic rings. The second-order valence-electron chi connectivity index (χ2n) is 4.38. The van der Waals surface area contributed by atoms with Crippen LogP contribution in [0.15, 0.2) is 41.8 Å². The van der Waals surface area contributed by atoms with Crippen LogP contribution < -0.4 is 5.32 Å². The van der Waals surface area contributed by atoms with Crippen molar-refractivity contribution in [2.75, 3.05) is 6.54 Å². The Morgan fingerprint density at radius 1 is 1.33 bits per heavy atom. The zero-order chi connectivity index (χ0) is 15.2. The molecule has 2 rings (SSSR count). The van der Waals surface area contributed by atoms with E-state index in [9.17, 15) is 20.0 Å². The molecule has 6 nitrogen and oxygen atoms in total. The van der Waals surface area contributed by atoms with E-state index in [-0.39, 0.29) is 11.6 Å². The first-order valence-corrected chi connectivity index (χ1v) is 7.20. The van der Waals surface area contributed by atoms with Crippen molar-refractivity contribution in [3.05, 3.63) is 62.3 Å². The van der Waals surface area contributed by atoms with Gasteiger partial charge in [0.1, 0.15) is 0 Å². The quantitative estimate of drug-likeness (QED) is 0.633. The smallest absolute Gasteiger partial charge is 0.269 e. The van der Waals surface area contributed by atoms with E-state index in [1.807, 2.05) is 17.5 Å². The fraction of sp³-hybridized carbons (Fsp3) is 0.214. The van der Waals surface area contributed by atoms with Crippen LogP contribution in [0.5, 0.6) is 0 Å². The number of carbonyl (C=O) groups excluding carboxylic acids is 1. The molecule has 1 aromatic heterocycles. The van der Waals surface area contributed by atoms with E-state index in [0.717, 1.165) is 4.88 Å². The van der Waals surface area contributed by atoms with Gasteiger partial charge in [-0.05, 0) is 30.0 Å². The molecule has 0 fully saturated rings. The van der Waals surface area contributed by atoms with Crippen molar-refractivity contribution in [2.45, 2.75) is 12.5 Å². The maximum atomic E-state index is 11.8. The first kappa shape index (κ1) is 15.1. The molecular formula is C14H14N2O4S. The van der Waals surface area contributed by atoms with Crippen LogP contribution in [-0.4, -0.2) is 22.5 Å². The van der Waals surface area contributed by atoms with E-state index in [0.29, 0.717) is 18.5 Å². The van der Waals surface area contributed by atoms with Gasteiger partial charge in [-0.15, -0.1) is 11.3 Å². The highest BCUT2D eigenvalue weighted by Crippen LogP contribution is 2.21. The Kier molecular flexibility index (Phi) is 5.02. The average Bonchev–Trinajstić information content (AvgIpc) is 3.01. The molecule has 21 heavy (non-hydrogen) atoms. The van der Waals surface area contributed by atoms with Crippen LogP contribution in [-0.2, 0) is 0 Å². The van der Waals surface area contributed by atoms with Gasteiger partial charge in [-0.2, -0.15) is 0 Å². The summed E-state index contributed by atoms with van der Waals surface area (Å²) in [6, 6.07) is 9.09. The molecule has 0 aliphatic rings. The molecule has 1 aromatic carbocycles. The second kappa shape index (κ2) is 6.96. The lowest BCUT2D eigenvalue weighted by Gasteiger charge is -2.09. The molecule has 1 atom stereocenters. The summed E-state index contributed by atoms with van der Waals surface area (Å²) in [6.07, 6.45) is -0.179. The lowest BCUT2D eigenvalue weighted by molar-refractivity contribution is -0.384. The number of hydrogen-bond donors (Lipinski definition) is 2. The number of thiophene rings is 1. The standard InChI is InChI=1S/C14H14N2O4S/c17-12(13-2-1-9-21-13)7-8-15-14(18)10-3-5-11(6-4-10)16(19)20/h1-6,9,12,17H,7-8H2,(H,15,18). The van der Waals surface area contributed by atoms with Crippen LogP contribution in [0.4, 0.5) is 5.69 Å². The maximum Gasteiger partial charge on any atom is 0.269 e. The number of hydrogen-bond acceptors (Lipinski definition) is 5. The van der Waals surface area contributed by atoms with Gasteiger partial charge in [-0.3, -0.25) is 14.9 Å². The topological polar surface area (TPSA) is 92.5 Å². The van der Waals surface area contributed by atoms with Gasteiger partial charge in [0.25, 0.3) is 11.6 Å². The number of amides is 1. The third kappa shape index (κ3) is 4.11. The molecule has 2 N–H and O–H groups in total. The molecule has 110 valence electrons. The summed E-state index contributed by atoms with van der Waals surface area (Å²) in [6.45, 7) is 0.328. The van der Waals surface area contributed by atoms with E-state index in [1.165, 1.54) is 35.6 Å². The summed E-state index contributed by atoms with van der Waals surface area (Å²) in [7, 11) is 0. The number of carbonyl (C=O) groups is 1. The fourth-order valence-electron chi connectivity index (χ4n) is 1.78. The van der Waals surface area contributed by atoms with Crippen LogP contribution >= 0.6 is 11.3 Å². The number of benzene rings is 1. The summed E-state index contributed by atoms with van der Waals surface area (Å²) in [4.78, 5) is 22.7. The van der Waals surface area contributed by atoms with Crippen molar-refractivity contribution in [2.24, 2.45) is 0 Å². The number of aliphatic hydroxyl groups is 1. The number of aliphatic hydroxyl groups excluding tert-OH is 1. The SMILES string of the molecule is O=C(NCCC(O)c1cccs1)c1ccc([N+](=O)[O-])cc1. The van der Waals surface area contributed by atoms with Crippen molar-refractivity contribution >= 4 is 22.9 Å². The summed E-state index contributed by atoms with van der Waals surface area (Å²) < 4.78 is 0. The van der Waals surface area contributed by atoms with Crippen LogP contribution in [0, 0.1) is 10.1 Å². The lowest BCUT2D eigenvalue weighted by Crippen LogP contribution is -2.25. The van der Waals surface area contributed by atoms with Gasteiger partial charge in [0.15, 0.2) is 0 Å². The Morgan fingerprint density at radius 2 is 2.05 bits per heavy atom. The van der Waals surface area contributed by atoms with Gasteiger partial charge in [0, 0.05) is 29.1 Å². The predicted octanol–water partition coefficient (Wildman–Crippen LogP) is 2.51. The van der Waals surface area contributed by atoms with Gasteiger partial charge in [-0.1, -0.05) is 6.07 Å². The minimum Gasteiger partial charge on any atom is -0.388 e. The maximum absolute atomic E-state index is 11.8. The monoisotopic (exact) mass is 306 g/mol. The Hall–Kier alpha value is -2.25. The predicted molar refractivity (Wildman–Crippen MR) is 79.3 cm³/mol. The van der Waals surface area contributed by atoms with Crippen molar-refractivity contribution in [3.8, 4) is 0 Å². The van der Waals surface area contributed by atoms with Crippen molar-refractivity contribution < 1.29 is 14.8 Å². The first-order valence-electron chi connectivity index (χ1n) is 6.32. The molecule has 0 saturated carbocycles. The highest BCUT2D eigenvalue weighted by molar-refractivity contribution is 7.10. The van der Waals surface area contributed by atoms with Gasteiger partial charge < -0.3 is 10.4 Å². The van der Waals surface area contributed by atoms with Crippen LogP contribution in [0.25, 0.3) is 0 Å². The average molecular weight is 306 g/mol. The van der Waals surface area contributed by atoms with E-state index < -0.39 is 11.0 Å². The van der Waals surface area contributed by atoms with Gasteiger partial charge in [0.05, 0.1) is 11.0 Å². The largest absolute Gasteiger partial charge is 0.388 e. The number of nitrogens with one attached hydrogen (secondary N) is 1. The molecule has 0 radical (unpaired) electrons. The Morgan fingerprint density at radius 3 is 2.62 bits per heavy atom. The van der Waals surface area contributed by atoms with Crippen molar-refractivity contribution in [3.63, 3.8) is 0 Å². The molecule has 7 heteroatoms. The Balaban J connectivity index is 1.83. The zero-order valence-electron chi connectivity index (χ0n) is 11.1. The first-order chi connectivity index (χ1) is 10.1. The van der Waals surface area contributed by atoms with Crippen molar-refractivity contribution in [1.29, 1.82) is 0 Å². The van der Waals surface area contributed by atoms with Crippen LogP contribution in [0.1, 0.15) is 27.8 Å². The fourth-order valence-corrected chi connectivity index (χ4v) is 2.53. The van der Waals surface area contributed by atoms with Crippen LogP contribution in [0.3, 0.4) is 0 Å². The van der Waals surface area contributed by atoms with Gasteiger partial charge in [0.2, 0.25) is 0 Å². The van der Waals surface area contributed by atoms with Crippen molar-refractivity contribution in [1.82, 2.24) is 5.32 Å². The summed E-state index contributed by atoms with van der Waals surface area (Å²) >= 11 is 1.46. The van der Waals surface area contributed by atoms with E-state index in [4.69, 9.17) is 0 Å². The molecule has 0 bridgehead atoms. The molecule has 0 saturated heterocycles. The van der Waals surface area contributed by atoms with Crippen LogP contribution in [0.2, 0.25) is 0 Å². The number of nitro groups is 1. The molecular weight excluding hydrogens is 292 g/mol. The highest BCUT2D eigenvalue weighted by atomic mass is 32.1. The lowest BCUT2D eigenvalue weighted by atomic mass is 10.2. The van der Waals surface area contributed by atoms with E-state index in [1.54, 1.807) is 0 Å². The molecule has 1 heterocycles. The third-order valence-corrected chi connectivity index (χ3v) is 3.89. The number of non-ortho nitro benzene ring substituents is 1. The summed E-state index contributed by atoms with van der Waals surface area (Å²) in [5, 5.41) is 25.0. The summed E-state index contributed by atoms with van der Waals surface area (Å²) in [5.41, 5.74) is 0.297. The summed E-state index contributed by atoms with van der Waals surface area (Å²) in [5.74, 6) is -0.316. The van der Waals surface area contributed by atoms with Gasteiger partial charge >= 0.3 is 0 Å². The molecule has 1 amide bonds. The third-order valence-electron chi connectivity index (χ3n) is 2.92.